The Morgan fingerprint density at radius 3 is 2.87 bits per heavy atom. The van der Waals surface area contributed by atoms with Gasteiger partial charge in [0.15, 0.2) is 0 Å². The van der Waals surface area contributed by atoms with Crippen LogP contribution in [-0.2, 0) is 0 Å². The van der Waals surface area contributed by atoms with Crippen LogP contribution in [0.15, 0.2) is 47.6 Å². The Bertz CT molecular complexity index is 886. The van der Waals surface area contributed by atoms with E-state index in [2.05, 4.69) is 20.5 Å². The molecule has 23 heavy (non-hydrogen) atoms. The van der Waals surface area contributed by atoms with Gasteiger partial charge in [0.2, 0.25) is 5.95 Å². The Kier molecular flexibility index (Phi) is 3.94. The van der Waals surface area contributed by atoms with Crippen molar-refractivity contribution in [2.75, 3.05) is 5.43 Å². The summed E-state index contributed by atoms with van der Waals surface area (Å²) in [5, 5.41) is 15.2. The van der Waals surface area contributed by atoms with Crippen molar-refractivity contribution < 1.29 is 4.92 Å². The molecule has 1 heterocycles. The van der Waals surface area contributed by atoms with E-state index >= 15 is 0 Å². The Morgan fingerprint density at radius 2 is 2.13 bits per heavy atom. The molecule has 7 nitrogen and oxygen atoms in total. The molecule has 0 radical (unpaired) electrons. The molecule has 116 valence electrons. The number of imidazole rings is 1. The highest BCUT2D eigenvalue weighted by Gasteiger charge is 2.13. The molecule has 0 aliphatic heterocycles. The minimum atomic E-state index is -0.522. The molecular weight excluding hydrogens is 318 g/mol. The molecule has 0 saturated carbocycles. The topological polar surface area (TPSA) is 96.2 Å². The molecule has 0 aliphatic carbocycles. The maximum Gasteiger partial charge on any atom is 0.288 e. The molecule has 0 spiro atoms. The number of rotatable bonds is 4. The van der Waals surface area contributed by atoms with Gasteiger partial charge >= 0.3 is 0 Å². The lowest BCUT2D eigenvalue weighted by molar-refractivity contribution is -0.384. The largest absolute Gasteiger partial charge is 0.323 e. The van der Waals surface area contributed by atoms with Crippen LogP contribution in [0.25, 0.3) is 11.0 Å². The molecule has 2 N–H and O–H groups in total. The molecule has 3 aromatic rings. The van der Waals surface area contributed by atoms with Crippen molar-refractivity contribution in [3.63, 3.8) is 0 Å². The van der Waals surface area contributed by atoms with E-state index in [4.69, 9.17) is 11.6 Å². The Hall–Kier alpha value is -2.93. The Morgan fingerprint density at radius 1 is 1.35 bits per heavy atom. The van der Waals surface area contributed by atoms with Crippen LogP contribution in [0.3, 0.4) is 0 Å². The summed E-state index contributed by atoms with van der Waals surface area (Å²) >= 11 is 5.80. The number of aromatic nitrogens is 2. The third-order valence-electron chi connectivity index (χ3n) is 3.28. The van der Waals surface area contributed by atoms with E-state index in [0.717, 1.165) is 11.0 Å². The zero-order valence-electron chi connectivity index (χ0n) is 12.1. The minimum absolute atomic E-state index is 0.0943. The van der Waals surface area contributed by atoms with E-state index in [1.807, 2.05) is 24.3 Å². The van der Waals surface area contributed by atoms with Crippen LogP contribution in [0.2, 0.25) is 5.02 Å². The summed E-state index contributed by atoms with van der Waals surface area (Å²) in [6.07, 6.45) is 0. The van der Waals surface area contributed by atoms with Gasteiger partial charge in [0.05, 0.1) is 21.7 Å². The number of halogens is 1. The normalized spacial score (nSPS) is 11.7. The van der Waals surface area contributed by atoms with Crippen LogP contribution in [0.5, 0.6) is 0 Å². The van der Waals surface area contributed by atoms with Crippen molar-refractivity contribution in [1.29, 1.82) is 0 Å². The summed E-state index contributed by atoms with van der Waals surface area (Å²) in [4.78, 5) is 17.8. The number of anilines is 1. The summed E-state index contributed by atoms with van der Waals surface area (Å²) in [7, 11) is 0. The van der Waals surface area contributed by atoms with Crippen molar-refractivity contribution in [3.05, 3.63) is 63.2 Å². The van der Waals surface area contributed by atoms with Crippen LogP contribution in [0, 0.1) is 10.1 Å². The number of para-hydroxylation sites is 2. The van der Waals surface area contributed by atoms with Crippen LogP contribution in [-0.4, -0.2) is 20.6 Å². The van der Waals surface area contributed by atoms with Crippen LogP contribution in [0.4, 0.5) is 11.6 Å². The van der Waals surface area contributed by atoms with Crippen molar-refractivity contribution in [3.8, 4) is 0 Å². The highest BCUT2D eigenvalue weighted by atomic mass is 35.5. The number of hydrogen-bond acceptors (Lipinski definition) is 5. The van der Waals surface area contributed by atoms with Gasteiger partial charge in [0.1, 0.15) is 5.02 Å². The predicted octanol–water partition coefficient (Wildman–Crippen LogP) is 3.96. The molecular formula is C15H12ClN5O2. The Balaban J connectivity index is 1.84. The van der Waals surface area contributed by atoms with E-state index in [9.17, 15) is 10.1 Å². The second-order valence-corrected chi connectivity index (χ2v) is 5.24. The molecule has 2 aromatic carbocycles. The van der Waals surface area contributed by atoms with Gasteiger partial charge in [0.25, 0.3) is 5.69 Å². The third kappa shape index (κ3) is 3.14. The van der Waals surface area contributed by atoms with Gasteiger partial charge in [-0.3, -0.25) is 10.1 Å². The number of nitrogens with zero attached hydrogens (tertiary/aromatic N) is 3. The zero-order chi connectivity index (χ0) is 16.4. The first-order valence-corrected chi connectivity index (χ1v) is 7.12. The van der Waals surface area contributed by atoms with Crippen molar-refractivity contribution in [1.82, 2.24) is 9.97 Å². The smallest absolute Gasteiger partial charge is 0.288 e. The number of hydrazone groups is 1. The number of nitro benzene ring substituents is 1. The number of fused-ring (bicyclic) bond motifs is 1. The van der Waals surface area contributed by atoms with Crippen molar-refractivity contribution >= 4 is 40.0 Å². The number of H-pyrrole nitrogens is 1. The van der Waals surface area contributed by atoms with Gasteiger partial charge in [-0.2, -0.15) is 5.10 Å². The fraction of sp³-hybridized carbons (Fsp3) is 0.0667. The number of benzene rings is 2. The Labute approximate surface area is 136 Å². The van der Waals surface area contributed by atoms with E-state index in [-0.39, 0.29) is 10.7 Å². The van der Waals surface area contributed by atoms with E-state index in [1.165, 1.54) is 12.1 Å². The van der Waals surface area contributed by atoms with Gasteiger partial charge in [-0.15, -0.1) is 0 Å². The second kappa shape index (κ2) is 6.05. The van der Waals surface area contributed by atoms with E-state index < -0.39 is 4.92 Å². The summed E-state index contributed by atoms with van der Waals surface area (Å²) < 4.78 is 0. The monoisotopic (exact) mass is 329 g/mol. The van der Waals surface area contributed by atoms with Crippen molar-refractivity contribution in [2.24, 2.45) is 5.10 Å². The first-order valence-electron chi connectivity index (χ1n) is 6.74. The van der Waals surface area contributed by atoms with Crippen LogP contribution >= 0.6 is 11.6 Å². The number of hydrogen-bond donors (Lipinski definition) is 2. The van der Waals surface area contributed by atoms with Gasteiger partial charge in [0, 0.05) is 11.6 Å². The summed E-state index contributed by atoms with van der Waals surface area (Å²) in [5.74, 6) is 0.494. The number of nitrogens with one attached hydrogen (secondary N) is 2. The third-order valence-corrected chi connectivity index (χ3v) is 3.60. The lowest BCUT2D eigenvalue weighted by Gasteiger charge is -2.02. The molecule has 0 saturated heterocycles. The van der Waals surface area contributed by atoms with Crippen LogP contribution in [0.1, 0.15) is 12.5 Å². The predicted molar refractivity (Wildman–Crippen MR) is 90.0 cm³/mol. The fourth-order valence-corrected chi connectivity index (χ4v) is 2.27. The van der Waals surface area contributed by atoms with Crippen LogP contribution < -0.4 is 5.43 Å². The SMILES string of the molecule is CC(=NNc1nc2ccccc2[nH]1)c1ccc(Cl)c([N+](=O)[O-])c1. The number of nitro groups is 1. The van der Waals surface area contributed by atoms with Crippen molar-refractivity contribution in [2.45, 2.75) is 6.92 Å². The average molecular weight is 330 g/mol. The second-order valence-electron chi connectivity index (χ2n) is 4.83. The summed E-state index contributed by atoms with van der Waals surface area (Å²) in [6, 6.07) is 12.1. The zero-order valence-corrected chi connectivity index (χ0v) is 12.8. The van der Waals surface area contributed by atoms with Gasteiger partial charge in [-0.05, 0) is 25.1 Å². The molecule has 0 atom stereocenters. The lowest BCUT2D eigenvalue weighted by atomic mass is 10.1. The average Bonchev–Trinajstić information content (AvgIpc) is 2.95. The molecule has 0 amide bonds. The molecule has 0 bridgehead atoms. The minimum Gasteiger partial charge on any atom is -0.323 e. The molecule has 3 rings (SSSR count). The van der Waals surface area contributed by atoms with Gasteiger partial charge in [-0.1, -0.05) is 29.8 Å². The van der Waals surface area contributed by atoms with Gasteiger partial charge < -0.3 is 4.98 Å². The molecule has 0 aliphatic rings. The van der Waals surface area contributed by atoms with E-state index in [0.29, 0.717) is 17.2 Å². The van der Waals surface area contributed by atoms with E-state index in [1.54, 1.807) is 13.0 Å². The fourth-order valence-electron chi connectivity index (χ4n) is 2.08. The highest BCUT2D eigenvalue weighted by molar-refractivity contribution is 6.32. The summed E-state index contributed by atoms with van der Waals surface area (Å²) in [5.41, 5.74) is 5.56. The first kappa shape index (κ1) is 15.0. The maximum absolute atomic E-state index is 10.9. The molecule has 0 unspecified atom stereocenters. The number of aromatic amines is 1. The molecule has 8 heteroatoms. The maximum atomic E-state index is 10.9. The standard InChI is InChI=1S/C15H12ClN5O2/c1-9(10-6-7-11(16)14(8-10)21(22)23)19-20-15-17-12-4-2-3-5-13(12)18-15/h2-8H,1H3,(H2,17,18,20). The highest BCUT2D eigenvalue weighted by Crippen LogP contribution is 2.25. The molecule has 1 aromatic heterocycles. The lowest BCUT2D eigenvalue weighted by Crippen LogP contribution is -2.01. The summed E-state index contributed by atoms with van der Waals surface area (Å²) in [6.45, 7) is 1.74. The first-order chi connectivity index (χ1) is 11.0. The molecule has 0 fully saturated rings. The quantitative estimate of drug-likeness (QED) is 0.430. The van der Waals surface area contributed by atoms with Gasteiger partial charge in [-0.25, -0.2) is 10.4 Å².